The van der Waals surface area contributed by atoms with Gasteiger partial charge in [0.15, 0.2) is 0 Å². The zero-order valence-electron chi connectivity index (χ0n) is 11.2. The first-order valence-electron chi connectivity index (χ1n) is 6.65. The molecule has 1 amide bonds. The fourth-order valence-corrected chi connectivity index (χ4v) is 1.75. The summed E-state index contributed by atoms with van der Waals surface area (Å²) >= 11 is 0. The average Bonchev–Trinajstić information content (AvgIpc) is 3.13. The Kier molecular flexibility index (Phi) is 3.37. The van der Waals surface area contributed by atoms with Gasteiger partial charge in [0, 0.05) is 11.7 Å². The van der Waals surface area contributed by atoms with Gasteiger partial charge in [-0.05, 0) is 31.9 Å². The van der Waals surface area contributed by atoms with Gasteiger partial charge in [-0.3, -0.25) is 4.79 Å². The summed E-state index contributed by atoms with van der Waals surface area (Å²) in [5.41, 5.74) is 2.17. The standard InChI is InChI=1S/C14H16N4O2/c1-9-2-4-10(5-3-9)15-8-12-17-13(18-20-12)14(19)16-11-6-7-11/h2-5,11,15H,6-8H2,1H3,(H,16,19). The van der Waals surface area contributed by atoms with Crippen molar-refractivity contribution in [2.45, 2.75) is 32.4 Å². The van der Waals surface area contributed by atoms with Crippen LogP contribution >= 0.6 is 0 Å². The average molecular weight is 272 g/mol. The van der Waals surface area contributed by atoms with Gasteiger partial charge >= 0.3 is 0 Å². The highest BCUT2D eigenvalue weighted by Gasteiger charge is 2.26. The van der Waals surface area contributed by atoms with Gasteiger partial charge in [0.2, 0.25) is 5.89 Å². The molecule has 1 heterocycles. The Morgan fingerprint density at radius 3 is 2.80 bits per heavy atom. The molecule has 0 saturated heterocycles. The van der Waals surface area contributed by atoms with Gasteiger partial charge in [-0.15, -0.1) is 0 Å². The monoisotopic (exact) mass is 272 g/mol. The largest absolute Gasteiger partial charge is 0.376 e. The van der Waals surface area contributed by atoms with E-state index in [1.165, 1.54) is 5.56 Å². The number of rotatable bonds is 5. The molecule has 1 aliphatic carbocycles. The maximum atomic E-state index is 11.7. The van der Waals surface area contributed by atoms with Crippen molar-refractivity contribution >= 4 is 11.6 Å². The van der Waals surface area contributed by atoms with Crippen molar-refractivity contribution in [2.75, 3.05) is 5.32 Å². The molecule has 6 heteroatoms. The van der Waals surface area contributed by atoms with E-state index in [9.17, 15) is 4.79 Å². The molecule has 6 nitrogen and oxygen atoms in total. The number of anilines is 1. The van der Waals surface area contributed by atoms with E-state index in [4.69, 9.17) is 4.52 Å². The van der Waals surface area contributed by atoms with Crippen LogP contribution < -0.4 is 10.6 Å². The molecule has 0 aliphatic heterocycles. The Balaban J connectivity index is 1.56. The van der Waals surface area contributed by atoms with E-state index in [1.807, 2.05) is 31.2 Å². The zero-order valence-corrected chi connectivity index (χ0v) is 11.2. The minimum atomic E-state index is -0.266. The van der Waals surface area contributed by atoms with E-state index in [0.29, 0.717) is 12.4 Å². The van der Waals surface area contributed by atoms with E-state index >= 15 is 0 Å². The molecule has 0 spiro atoms. The van der Waals surface area contributed by atoms with E-state index in [2.05, 4.69) is 20.8 Å². The lowest BCUT2D eigenvalue weighted by atomic mass is 10.2. The third-order valence-corrected chi connectivity index (χ3v) is 3.08. The number of nitrogens with zero attached hydrogens (tertiary/aromatic N) is 2. The highest BCUT2D eigenvalue weighted by molar-refractivity contribution is 5.90. The summed E-state index contributed by atoms with van der Waals surface area (Å²) in [5.74, 6) is 0.224. The number of nitrogens with one attached hydrogen (secondary N) is 2. The predicted octanol–water partition coefficient (Wildman–Crippen LogP) is 1.88. The van der Waals surface area contributed by atoms with Crippen LogP contribution in [-0.2, 0) is 6.54 Å². The Labute approximate surface area is 116 Å². The van der Waals surface area contributed by atoms with Gasteiger partial charge in [-0.25, -0.2) is 0 Å². The summed E-state index contributed by atoms with van der Waals surface area (Å²) in [5, 5.41) is 9.67. The summed E-state index contributed by atoms with van der Waals surface area (Å²) in [6.45, 7) is 2.43. The molecule has 1 aromatic carbocycles. The van der Waals surface area contributed by atoms with Crippen LogP contribution in [0.4, 0.5) is 5.69 Å². The number of carbonyl (C=O) groups excluding carboxylic acids is 1. The molecule has 0 radical (unpaired) electrons. The van der Waals surface area contributed by atoms with Crippen LogP contribution in [0.5, 0.6) is 0 Å². The lowest BCUT2D eigenvalue weighted by Crippen LogP contribution is -2.26. The number of carbonyl (C=O) groups is 1. The van der Waals surface area contributed by atoms with Crippen LogP contribution in [-0.4, -0.2) is 22.1 Å². The summed E-state index contributed by atoms with van der Waals surface area (Å²) in [4.78, 5) is 15.8. The molecule has 2 aromatic rings. The summed E-state index contributed by atoms with van der Waals surface area (Å²) in [6, 6.07) is 8.28. The Hall–Kier alpha value is -2.37. The van der Waals surface area contributed by atoms with E-state index < -0.39 is 0 Å². The normalized spacial score (nSPS) is 14.1. The number of hydrogen-bond donors (Lipinski definition) is 2. The minimum absolute atomic E-state index is 0.0950. The quantitative estimate of drug-likeness (QED) is 0.868. The minimum Gasteiger partial charge on any atom is -0.376 e. The van der Waals surface area contributed by atoms with Crippen LogP contribution in [0.15, 0.2) is 28.8 Å². The second kappa shape index (κ2) is 5.32. The molecule has 2 N–H and O–H groups in total. The predicted molar refractivity (Wildman–Crippen MR) is 73.3 cm³/mol. The van der Waals surface area contributed by atoms with Crippen LogP contribution in [0.2, 0.25) is 0 Å². The van der Waals surface area contributed by atoms with Gasteiger partial charge in [0.25, 0.3) is 11.7 Å². The third kappa shape index (κ3) is 3.14. The smallest absolute Gasteiger partial charge is 0.292 e. The molecule has 1 aliphatic rings. The SMILES string of the molecule is Cc1ccc(NCc2nc(C(=O)NC3CC3)no2)cc1. The van der Waals surface area contributed by atoms with Crippen LogP contribution in [0.3, 0.4) is 0 Å². The van der Waals surface area contributed by atoms with Crippen molar-refractivity contribution < 1.29 is 9.32 Å². The molecule has 1 fully saturated rings. The Bertz CT molecular complexity index is 602. The molecule has 3 rings (SSSR count). The zero-order chi connectivity index (χ0) is 13.9. The van der Waals surface area contributed by atoms with Crippen molar-refractivity contribution in [3.05, 3.63) is 41.5 Å². The van der Waals surface area contributed by atoms with Crippen molar-refractivity contribution in [3.63, 3.8) is 0 Å². The second-order valence-corrected chi connectivity index (χ2v) is 4.98. The number of aryl methyl sites for hydroxylation is 1. The highest BCUT2D eigenvalue weighted by atomic mass is 16.5. The molecular formula is C14H16N4O2. The lowest BCUT2D eigenvalue weighted by Gasteiger charge is -2.02. The van der Waals surface area contributed by atoms with Gasteiger partial charge in [-0.1, -0.05) is 22.9 Å². The molecule has 20 heavy (non-hydrogen) atoms. The molecule has 0 atom stereocenters. The molecule has 104 valence electrons. The van der Waals surface area contributed by atoms with Crippen molar-refractivity contribution in [1.29, 1.82) is 0 Å². The van der Waals surface area contributed by atoms with Crippen molar-refractivity contribution in [2.24, 2.45) is 0 Å². The molecule has 0 bridgehead atoms. The lowest BCUT2D eigenvalue weighted by molar-refractivity contribution is 0.0937. The van der Waals surface area contributed by atoms with Crippen LogP contribution in [0.1, 0.15) is 34.9 Å². The van der Waals surface area contributed by atoms with Crippen molar-refractivity contribution in [3.8, 4) is 0 Å². The maximum absolute atomic E-state index is 11.7. The first-order valence-corrected chi connectivity index (χ1v) is 6.65. The number of aromatic nitrogens is 2. The molecule has 1 aromatic heterocycles. The number of amides is 1. The fraction of sp³-hybridized carbons (Fsp3) is 0.357. The van der Waals surface area contributed by atoms with Gasteiger partial charge in [0.05, 0.1) is 6.54 Å². The third-order valence-electron chi connectivity index (χ3n) is 3.08. The summed E-state index contributed by atoms with van der Waals surface area (Å²) in [6.07, 6.45) is 2.07. The summed E-state index contributed by atoms with van der Waals surface area (Å²) < 4.78 is 5.05. The first kappa shape index (κ1) is 12.7. The maximum Gasteiger partial charge on any atom is 0.292 e. The number of hydrogen-bond acceptors (Lipinski definition) is 5. The molecule has 0 unspecified atom stereocenters. The first-order chi connectivity index (χ1) is 9.70. The molecule has 1 saturated carbocycles. The van der Waals surface area contributed by atoms with Crippen molar-refractivity contribution in [1.82, 2.24) is 15.5 Å². The van der Waals surface area contributed by atoms with Crippen LogP contribution in [0.25, 0.3) is 0 Å². The van der Waals surface area contributed by atoms with Gasteiger partial charge < -0.3 is 15.2 Å². The van der Waals surface area contributed by atoms with E-state index in [1.54, 1.807) is 0 Å². The van der Waals surface area contributed by atoms with Crippen LogP contribution in [0, 0.1) is 6.92 Å². The topological polar surface area (TPSA) is 80.0 Å². The van der Waals surface area contributed by atoms with Gasteiger partial charge in [0.1, 0.15) is 0 Å². The van der Waals surface area contributed by atoms with E-state index in [0.717, 1.165) is 18.5 Å². The van der Waals surface area contributed by atoms with Gasteiger partial charge in [-0.2, -0.15) is 4.98 Å². The second-order valence-electron chi connectivity index (χ2n) is 4.98. The fourth-order valence-electron chi connectivity index (χ4n) is 1.75. The number of benzene rings is 1. The Morgan fingerprint density at radius 2 is 2.10 bits per heavy atom. The van der Waals surface area contributed by atoms with E-state index in [-0.39, 0.29) is 17.8 Å². The summed E-state index contributed by atoms with van der Waals surface area (Å²) in [7, 11) is 0. The molecular weight excluding hydrogens is 256 g/mol. The Morgan fingerprint density at radius 1 is 1.35 bits per heavy atom. The highest BCUT2D eigenvalue weighted by Crippen LogP contribution is 2.19.